The number of Topliss-reactive ketones (excluding diaryl/α,β-unsaturated/α-hetero) is 1. The summed E-state index contributed by atoms with van der Waals surface area (Å²) in [5.74, 6) is -0.638. The van der Waals surface area contributed by atoms with Crippen molar-refractivity contribution in [2.75, 3.05) is 14.2 Å². The molecular formula is C16H18N4O5S. The lowest BCUT2D eigenvalue weighted by Crippen LogP contribution is -2.44. The van der Waals surface area contributed by atoms with Gasteiger partial charge >= 0.3 is 0 Å². The number of nitrogens with zero attached hydrogens (tertiary/aromatic N) is 1. The minimum atomic E-state index is -1.48. The zero-order valence-corrected chi connectivity index (χ0v) is 15.0. The summed E-state index contributed by atoms with van der Waals surface area (Å²) in [5, 5.41) is 0. The molecule has 1 amide bonds. The van der Waals surface area contributed by atoms with E-state index in [0.717, 1.165) is 0 Å². The molecule has 10 heteroatoms. The Balaban J connectivity index is 2.63. The molecule has 0 saturated heterocycles. The number of H-pyrrole nitrogens is 1. The molecule has 1 unspecified atom stereocenters. The average Bonchev–Trinajstić information content (AvgIpc) is 2.62. The molecule has 1 aromatic carbocycles. The Hall–Kier alpha value is -2.98. The Morgan fingerprint density at radius 1 is 1.27 bits per heavy atom. The Morgan fingerprint density at radius 3 is 2.54 bits per heavy atom. The summed E-state index contributed by atoms with van der Waals surface area (Å²) >= 11 is 5.16. The van der Waals surface area contributed by atoms with E-state index in [1.807, 2.05) is 0 Å². The number of ketones is 1. The van der Waals surface area contributed by atoms with Crippen molar-refractivity contribution in [2.24, 2.45) is 11.5 Å². The van der Waals surface area contributed by atoms with E-state index in [4.69, 9.17) is 33.2 Å². The SMILES string of the molecule is COc1ccc(-c2cc(=O)[nH]c(=S)n2CC(=O)C(N)C(N)=O)c(OC)c1. The maximum absolute atomic E-state index is 12.2. The highest BCUT2D eigenvalue weighted by Crippen LogP contribution is 2.32. The first-order chi connectivity index (χ1) is 12.3. The van der Waals surface area contributed by atoms with Crippen LogP contribution in [-0.2, 0) is 16.1 Å². The van der Waals surface area contributed by atoms with E-state index in [9.17, 15) is 14.4 Å². The van der Waals surface area contributed by atoms with Crippen molar-refractivity contribution < 1.29 is 19.1 Å². The van der Waals surface area contributed by atoms with Crippen LogP contribution in [0.1, 0.15) is 0 Å². The maximum Gasteiger partial charge on any atom is 0.252 e. The van der Waals surface area contributed by atoms with Gasteiger partial charge in [0.15, 0.2) is 10.6 Å². The molecule has 2 rings (SSSR count). The van der Waals surface area contributed by atoms with Crippen LogP contribution < -0.4 is 26.5 Å². The number of hydrogen-bond acceptors (Lipinski definition) is 7. The lowest BCUT2D eigenvalue weighted by atomic mass is 10.1. The first kappa shape index (κ1) is 19.3. The van der Waals surface area contributed by atoms with Crippen LogP contribution in [0.5, 0.6) is 11.5 Å². The average molecular weight is 378 g/mol. The van der Waals surface area contributed by atoms with Crippen LogP contribution in [0.25, 0.3) is 11.3 Å². The molecule has 0 aliphatic rings. The summed E-state index contributed by atoms with van der Waals surface area (Å²) in [6.45, 7) is -0.343. The highest BCUT2D eigenvalue weighted by molar-refractivity contribution is 7.71. The van der Waals surface area contributed by atoms with E-state index < -0.39 is 23.3 Å². The highest BCUT2D eigenvalue weighted by Gasteiger charge is 2.22. The predicted molar refractivity (Wildman–Crippen MR) is 96.6 cm³/mol. The number of carbonyl (C=O) groups excluding carboxylic acids is 2. The number of carbonyl (C=O) groups is 2. The Kier molecular flexibility index (Phi) is 5.90. The number of methoxy groups -OCH3 is 2. The van der Waals surface area contributed by atoms with E-state index in [1.54, 1.807) is 18.2 Å². The van der Waals surface area contributed by atoms with E-state index in [0.29, 0.717) is 22.8 Å². The first-order valence-corrected chi connectivity index (χ1v) is 7.83. The summed E-state index contributed by atoms with van der Waals surface area (Å²) in [6, 6.07) is 4.75. The van der Waals surface area contributed by atoms with E-state index in [1.165, 1.54) is 24.9 Å². The summed E-state index contributed by atoms with van der Waals surface area (Å²) in [4.78, 5) is 37.7. The van der Waals surface area contributed by atoms with Crippen LogP contribution in [0.15, 0.2) is 29.1 Å². The van der Waals surface area contributed by atoms with Gasteiger partial charge in [-0.25, -0.2) is 0 Å². The van der Waals surface area contributed by atoms with Crippen molar-refractivity contribution in [3.05, 3.63) is 39.4 Å². The quantitative estimate of drug-likeness (QED) is 0.453. The fourth-order valence-corrected chi connectivity index (χ4v) is 2.59. The van der Waals surface area contributed by atoms with Gasteiger partial charge in [-0.15, -0.1) is 0 Å². The third-order valence-electron chi connectivity index (χ3n) is 3.69. The summed E-state index contributed by atoms with van der Waals surface area (Å²) in [7, 11) is 2.96. The second kappa shape index (κ2) is 7.93. The molecule has 0 radical (unpaired) electrons. The minimum absolute atomic E-state index is 0.00427. The second-order valence-corrected chi connectivity index (χ2v) is 5.71. The second-order valence-electron chi connectivity index (χ2n) is 5.32. The molecule has 1 aromatic heterocycles. The van der Waals surface area contributed by atoms with Crippen LogP contribution in [0, 0.1) is 4.77 Å². The van der Waals surface area contributed by atoms with Crippen molar-refractivity contribution in [1.29, 1.82) is 0 Å². The number of amides is 1. The molecule has 1 atom stereocenters. The van der Waals surface area contributed by atoms with Crippen LogP contribution in [0.3, 0.4) is 0 Å². The minimum Gasteiger partial charge on any atom is -0.497 e. The monoisotopic (exact) mass is 378 g/mol. The van der Waals surface area contributed by atoms with E-state index >= 15 is 0 Å². The molecule has 0 aliphatic carbocycles. The Labute approximate surface area is 153 Å². The van der Waals surface area contributed by atoms with Gasteiger partial charge in [-0.2, -0.15) is 0 Å². The smallest absolute Gasteiger partial charge is 0.252 e. The zero-order valence-electron chi connectivity index (χ0n) is 14.1. The zero-order chi connectivity index (χ0) is 19.4. The number of nitrogens with one attached hydrogen (secondary N) is 1. The van der Waals surface area contributed by atoms with Gasteiger partial charge in [0.2, 0.25) is 5.91 Å². The third-order valence-corrected chi connectivity index (χ3v) is 4.01. The maximum atomic E-state index is 12.2. The van der Waals surface area contributed by atoms with Crippen LogP contribution >= 0.6 is 12.2 Å². The van der Waals surface area contributed by atoms with Gasteiger partial charge in [0.1, 0.15) is 17.5 Å². The molecule has 0 bridgehead atoms. The largest absolute Gasteiger partial charge is 0.497 e. The number of aromatic nitrogens is 2. The van der Waals surface area contributed by atoms with E-state index in [-0.39, 0.29) is 11.3 Å². The summed E-state index contributed by atoms with van der Waals surface area (Å²) in [6.07, 6.45) is 0. The van der Waals surface area contributed by atoms with Crippen molar-refractivity contribution in [3.63, 3.8) is 0 Å². The fraction of sp³-hybridized carbons (Fsp3) is 0.250. The molecule has 0 saturated carbocycles. The van der Waals surface area contributed by atoms with Crippen molar-refractivity contribution in [3.8, 4) is 22.8 Å². The molecule has 5 N–H and O–H groups in total. The number of rotatable bonds is 7. The summed E-state index contributed by atoms with van der Waals surface area (Å²) < 4.78 is 11.8. The molecule has 1 heterocycles. The predicted octanol–water partition coefficient (Wildman–Crippen LogP) is -0.0282. The molecule has 2 aromatic rings. The lowest BCUT2D eigenvalue weighted by Gasteiger charge is -2.17. The Morgan fingerprint density at radius 2 is 1.96 bits per heavy atom. The third kappa shape index (κ3) is 3.98. The fourth-order valence-electron chi connectivity index (χ4n) is 2.32. The van der Waals surface area contributed by atoms with E-state index in [2.05, 4.69) is 4.98 Å². The van der Waals surface area contributed by atoms with Crippen molar-refractivity contribution >= 4 is 23.9 Å². The van der Waals surface area contributed by atoms with Gasteiger partial charge in [-0.1, -0.05) is 0 Å². The Bertz CT molecular complexity index is 966. The van der Waals surface area contributed by atoms with Crippen molar-refractivity contribution in [1.82, 2.24) is 9.55 Å². The molecule has 0 spiro atoms. The number of hydrogen-bond donors (Lipinski definition) is 3. The molecule has 9 nitrogen and oxygen atoms in total. The molecule has 138 valence electrons. The van der Waals surface area contributed by atoms with Gasteiger partial charge in [0.05, 0.1) is 26.5 Å². The number of primary amides is 1. The van der Waals surface area contributed by atoms with Gasteiger partial charge in [0, 0.05) is 17.7 Å². The lowest BCUT2D eigenvalue weighted by molar-refractivity contribution is -0.128. The van der Waals surface area contributed by atoms with Gasteiger partial charge < -0.3 is 25.5 Å². The molecule has 26 heavy (non-hydrogen) atoms. The van der Waals surface area contributed by atoms with Gasteiger partial charge in [-0.05, 0) is 24.4 Å². The number of benzene rings is 1. The first-order valence-electron chi connectivity index (χ1n) is 7.42. The van der Waals surface area contributed by atoms with Gasteiger partial charge in [-0.3, -0.25) is 19.4 Å². The molecular weight excluding hydrogens is 360 g/mol. The number of nitrogens with two attached hydrogens (primary N) is 2. The number of aromatic amines is 1. The normalized spacial score (nSPS) is 11.7. The van der Waals surface area contributed by atoms with Crippen LogP contribution in [-0.4, -0.2) is 41.5 Å². The molecule has 0 aliphatic heterocycles. The van der Waals surface area contributed by atoms with Gasteiger partial charge in [0.25, 0.3) is 5.56 Å². The summed E-state index contributed by atoms with van der Waals surface area (Å²) in [5.41, 5.74) is 10.9. The highest BCUT2D eigenvalue weighted by atomic mass is 32.1. The number of ether oxygens (including phenoxy) is 2. The standard InChI is InChI=1S/C16H18N4O5S/c1-24-8-3-4-9(12(5-8)25-2)10-6-13(22)19-16(26)20(10)7-11(21)14(17)15(18)23/h3-6,14H,7,17H2,1-2H3,(H2,18,23)(H,19,22,26). The van der Waals surface area contributed by atoms with Crippen molar-refractivity contribution in [2.45, 2.75) is 12.6 Å². The molecule has 0 fully saturated rings. The van der Waals surface area contributed by atoms with Crippen LogP contribution in [0.4, 0.5) is 0 Å². The topological polar surface area (TPSA) is 142 Å². The van der Waals surface area contributed by atoms with Crippen LogP contribution in [0.2, 0.25) is 0 Å².